The molecule has 0 aromatic carbocycles. The average molecular weight is 130 g/mol. The molecule has 8 heavy (non-hydrogen) atoms. The number of amidine groups is 1. The second-order valence-corrected chi connectivity index (χ2v) is 3.40. The third-order valence-corrected chi connectivity index (χ3v) is 2.13. The minimum atomic E-state index is 0.674. The maximum atomic E-state index is 5.44. The number of aliphatic imine (C=N–C) groups is 1. The molecule has 0 radical (unpaired) electrons. The summed E-state index contributed by atoms with van der Waals surface area (Å²) in [6.45, 7) is 3.09. The number of nitrogens with two attached hydrogens (primary N) is 1. The van der Waals surface area contributed by atoms with Gasteiger partial charge in [0.05, 0.1) is 0 Å². The average Bonchev–Trinajstić information content (AvgIpc) is 1.64. The van der Waals surface area contributed by atoms with Gasteiger partial charge in [-0.25, -0.2) is 0 Å². The molecule has 0 fully saturated rings. The van der Waals surface area contributed by atoms with Crippen molar-refractivity contribution in [1.29, 1.82) is 0 Å². The van der Waals surface area contributed by atoms with Crippen LogP contribution in [-0.2, 0) is 0 Å². The molecule has 0 bridgehead atoms. The van der Waals surface area contributed by atoms with E-state index in [1.54, 1.807) is 11.8 Å². The van der Waals surface area contributed by atoms with Crippen molar-refractivity contribution in [3.63, 3.8) is 0 Å². The van der Waals surface area contributed by atoms with Gasteiger partial charge in [-0.2, -0.15) is 0 Å². The van der Waals surface area contributed by atoms with Crippen molar-refractivity contribution >= 4 is 16.9 Å². The molecular formula is C5H10N2S. The highest BCUT2D eigenvalue weighted by molar-refractivity contribution is 8.14. The van der Waals surface area contributed by atoms with Crippen molar-refractivity contribution in [1.82, 2.24) is 0 Å². The van der Waals surface area contributed by atoms with Gasteiger partial charge in [0.25, 0.3) is 0 Å². The highest BCUT2D eigenvalue weighted by atomic mass is 32.2. The van der Waals surface area contributed by atoms with E-state index in [4.69, 9.17) is 5.73 Å². The minimum Gasteiger partial charge on any atom is -0.379 e. The first-order valence-electron chi connectivity index (χ1n) is 2.75. The van der Waals surface area contributed by atoms with E-state index in [-0.39, 0.29) is 0 Å². The van der Waals surface area contributed by atoms with Gasteiger partial charge in [0.1, 0.15) is 0 Å². The lowest BCUT2D eigenvalue weighted by molar-refractivity contribution is 0.818. The first-order chi connectivity index (χ1) is 3.79. The standard InChI is InChI=1S/C5H10N2S/c1-4-2-3-7-5(6)8-4/h4H,2-3H2,1H3,(H2,6,7)/t4-/m1/s1. The maximum Gasteiger partial charge on any atom is 0.154 e. The summed E-state index contributed by atoms with van der Waals surface area (Å²) in [7, 11) is 0. The molecule has 0 aromatic heterocycles. The highest BCUT2D eigenvalue weighted by Crippen LogP contribution is 2.17. The zero-order chi connectivity index (χ0) is 5.98. The van der Waals surface area contributed by atoms with Crippen molar-refractivity contribution in [3.8, 4) is 0 Å². The highest BCUT2D eigenvalue weighted by Gasteiger charge is 2.08. The van der Waals surface area contributed by atoms with Crippen LogP contribution in [0.25, 0.3) is 0 Å². The van der Waals surface area contributed by atoms with Gasteiger partial charge in [0, 0.05) is 11.8 Å². The van der Waals surface area contributed by atoms with E-state index in [0.29, 0.717) is 5.25 Å². The SMILES string of the molecule is C[C@@H]1CCN=C(N)S1. The molecule has 2 N–H and O–H groups in total. The molecule has 1 atom stereocenters. The molecule has 0 saturated heterocycles. The van der Waals surface area contributed by atoms with Crippen molar-refractivity contribution in [2.75, 3.05) is 6.54 Å². The Labute approximate surface area is 53.6 Å². The zero-order valence-electron chi connectivity index (χ0n) is 4.92. The van der Waals surface area contributed by atoms with Gasteiger partial charge in [-0.05, 0) is 6.42 Å². The Bertz CT molecular complexity index is 111. The number of hydrogen-bond donors (Lipinski definition) is 1. The smallest absolute Gasteiger partial charge is 0.154 e. The number of rotatable bonds is 0. The van der Waals surface area contributed by atoms with Gasteiger partial charge in [-0.3, -0.25) is 4.99 Å². The van der Waals surface area contributed by atoms with Crippen LogP contribution in [-0.4, -0.2) is 17.0 Å². The number of nitrogens with zero attached hydrogens (tertiary/aromatic N) is 1. The van der Waals surface area contributed by atoms with Gasteiger partial charge in [0.15, 0.2) is 5.17 Å². The van der Waals surface area contributed by atoms with Gasteiger partial charge in [-0.1, -0.05) is 18.7 Å². The van der Waals surface area contributed by atoms with Crippen molar-refractivity contribution in [3.05, 3.63) is 0 Å². The van der Waals surface area contributed by atoms with E-state index >= 15 is 0 Å². The Morgan fingerprint density at radius 3 is 3.00 bits per heavy atom. The van der Waals surface area contributed by atoms with Crippen LogP contribution in [0, 0.1) is 0 Å². The Hall–Kier alpha value is -0.180. The van der Waals surface area contributed by atoms with Crippen LogP contribution < -0.4 is 5.73 Å². The van der Waals surface area contributed by atoms with Crippen LogP contribution in [0.2, 0.25) is 0 Å². The Morgan fingerprint density at radius 1 is 1.88 bits per heavy atom. The number of hydrogen-bond acceptors (Lipinski definition) is 3. The second-order valence-electron chi connectivity index (χ2n) is 1.94. The third kappa shape index (κ3) is 1.40. The minimum absolute atomic E-state index is 0.674. The van der Waals surface area contributed by atoms with Gasteiger partial charge in [-0.15, -0.1) is 0 Å². The maximum absolute atomic E-state index is 5.44. The molecule has 2 nitrogen and oxygen atoms in total. The first-order valence-corrected chi connectivity index (χ1v) is 3.63. The largest absolute Gasteiger partial charge is 0.379 e. The van der Waals surface area contributed by atoms with Crippen molar-refractivity contribution < 1.29 is 0 Å². The van der Waals surface area contributed by atoms with Crippen LogP contribution in [0.15, 0.2) is 4.99 Å². The lowest BCUT2D eigenvalue weighted by Gasteiger charge is -2.13. The molecule has 0 saturated carbocycles. The Kier molecular flexibility index (Phi) is 1.78. The van der Waals surface area contributed by atoms with Crippen molar-refractivity contribution in [2.45, 2.75) is 18.6 Å². The van der Waals surface area contributed by atoms with Crippen LogP contribution in [0.4, 0.5) is 0 Å². The first kappa shape index (κ1) is 5.95. The summed E-state index contributed by atoms with van der Waals surface area (Å²) in [6.07, 6.45) is 1.17. The molecule has 1 aliphatic rings. The quantitative estimate of drug-likeness (QED) is 0.527. The summed E-state index contributed by atoms with van der Waals surface area (Å²) in [4.78, 5) is 4.04. The lowest BCUT2D eigenvalue weighted by atomic mass is 10.3. The van der Waals surface area contributed by atoms with E-state index in [2.05, 4.69) is 11.9 Å². The molecule has 46 valence electrons. The Morgan fingerprint density at radius 2 is 2.62 bits per heavy atom. The molecular weight excluding hydrogens is 120 g/mol. The monoisotopic (exact) mass is 130 g/mol. The Balaban J connectivity index is 2.45. The van der Waals surface area contributed by atoms with Gasteiger partial charge in [0.2, 0.25) is 0 Å². The van der Waals surface area contributed by atoms with Crippen LogP contribution in [0.3, 0.4) is 0 Å². The molecule has 3 heteroatoms. The summed E-state index contributed by atoms with van der Waals surface area (Å²) >= 11 is 1.67. The molecule has 1 rings (SSSR count). The molecule has 0 unspecified atom stereocenters. The summed E-state index contributed by atoms with van der Waals surface area (Å²) in [5.41, 5.74) is 5.44. The van der Waals surface area contributed by atoms with E-state index < -0.39 is 0 Å². The van der Waals surface area contributed by atoms with Crippen LogP contribution >= 0.6 is 11.8 Å². The lowest BCUT2D eigenvalue weighted by Crippen LogP contribution is -2.17. The van der Waals surface area contributed by atoms with Gasteiger partial charge < -0.3 is 5.73 Å². The summed E-state index contributed by atoms with van der Waals surface area (Å²) in [6, 6.07) is 0. The third-order valence-electron chi connectivity index (χ3n) is 1.13. The number of thioether (sulfide) groups is 1. The predicted molar refractivity (Wildman–Crippen MR) is 38.2 cm³/mol. The molecule has 0 amide bonds. The van der Waals surface area contributed by atoms with Crippen molar-refractivity contribution in [2.24, 2.45) is 10.7 Å². The second kappa shape index (κ2) is 2.40. The zero-order valence-corrected chi connectivity index (χ0v) is 5.74. The predicted octanol–water partition coefficient (Wildman–Crippen LogP) is 0.827. The van der Waals surface area contributed by atoms with Gasteiger partial charge >= 0.3 is 0 Å². The molecule has 1 aliphatic heterocycles. The molecule has 0 aromatic rings. The van der Waals surface area contributed by atoms with E-state index in [9.17, 15) is 0 Å². The fourth-order valence-corrected chi connectivity index (χ4v) is 1.46. The fourth-order valence-electron chi connectivity index (χ4n) is 0.659. The van der Waals surface area contributed by atoms with E-state index in [0.717, 1.165) is 11.7 Å². The molecule has 1 heterocycles. The summed E-state index contributed by atoms with van der Waals surface area (Å²) in [5.74, 6) is 0. The fraction of sp³-hybridized carbons (Fsp3) is 0.800. The topological polar surface area (TPSA) is 38.4 Å². The van der Waals surface area contributed by atoms with Crippen LogP contribution in [0.1, 0.15) is 13.3 Å². The summed E-state index contributed by atoms with van der Waals surface area (Å²) in [5, 5.41) is 1.43. The summed E-state index contributed by atoms with van der Waals surface area (Å²) < 4.78 is 0. The van der Waals surface area contributed by atoms with Crippen LogP contribution in [0.5, 0.6) is 0 Å². The molecule has 0 spiro atoms. The van der Waals surface area contributed by atoms with E-state index in [1.807, 2.05) is 0 Å². The van der Waals surface area contributed by atoms with E-state index in [1.165, 1.54) is 6.42 Å². The normalized spacial score (nSPS) is 29.6. The molecule has 0 aliphatic carbocycles.